The highest BCUT2D eigenvalue weighted by Gasteiger charge is 2.17. The summed E-state index contributed by atoms with van der Waals surface area (Å²) in [5, 5.41) is 0. The number of halogens is 1. The molecular weight excluding hydrogens is 255 g/mol. The Morgan fingerprint density at radius 2 is 1.77 bits per heavy atom. The maximum absolute atomic E-state index is 10.6. The van der Waals surface area contributed by atoms with Gasteiger partial charge in [-0.25, -0.2) is 0 Å². The number of rotatable bonds is 9. The second kappa shape index (κ2) is 10.6. The number of hydrogen-bond donors (Lipinski definition) is 0. The third-order valence-electron chi connectivity index (χ3n) is 1.75. The predicted octanol–water partition coefficient (Wildman–Crippen LogP) is 4.35. The van der Waals surface area contributed by atoms with Gasteiger partial charge in [0.2, 0.25) is 0 Å². The highest BCUT2D eigenvalue weighted by molar-refractivity contribution is 9.06. The van der Waals surface area contributed by atoms with E-state index in [9.17, 15) is 4.57 Å². The summed E-state index contributed by atoms with van der Waals surface area (Å²) < 4.78 is 19.7. The third kappa shape index (κ3) is 10.4. The maximum Gasteiger partial charge on any atom is 0.709 e. The highest BCUT2D eigenvalue weighted by atomic mass is 79.9. The summed E-state index contributed by atoms with van der Waals surface area (Å²) in [5.74, 6) is 0. The molecule has 78 valence electrons. The zero-order chi connectivity index (χ0) is 9.94. The fourth-order valence-corrected chi connectivity index (χ4v) is 1.61. The molecule has 0 N–H and O–H groups in total. The number of unbranched alkanes of at least 4 members (excludes halogenated alkanes) is 5. The van der Waals surface area contributed by atoms with Crippen molar-refractivity contribution in [2.75, 3.05) is 6.61 Å². The normalized spacial score (nSPS) is 11.7. The molecule has 0 aliphatic heterocycles. The monoisotopic (exact) mass is 271 g/mol. The van der Waals surface area contributed by atoms with Crippen molar-refractivity contribution in [2.24, 2.45) is 0 Å². The van der Waals surface area contributed by atoms with Crippen LogP contribution in [-0.2, 0) is 12.7 Å². The molecule has 0 saturated heterocycles. The van der Waals surface area contributed by atoms with Crippen molar-refractivity contribution in [3.05, 3.63) is 0 Å². The Morgan fingerprint density at radius 1 is 1.15 bits per heavy atom. The Bertz CT molecular complexity index is 133. The predicted molar refractivity (Wildman–Crippen MR) is 56.9 cm³/mol. The second-order valence-electron chi connectivity index (χ2n) is 2.89. The van der Waals surface area contributed by atoms with E-state index in [1.807, 2.05) is 0 Å². The highest BCUT2D eigenvalue weighted by Crippen LogP contribution is 2.26. The molecule has 0 aromatic carbocycles. The minimum atomic E-state index is -1.94. The first-order chi connectivity index (χ1) is 6.31. The van der Waals surface area contributed by atoms with Gasteiger partial charge in [-0.2, -0.15) is 0 Å². The van der Waals surface area contributed by atoms with Gasteiger partial charge in [-0.15, -0.1) is 4.52 Å². The van der Waals surface area contributed by atoms with Crippen LogP contribution in [0.2, 0.25) is 0 Å². The maximum atomic E-state index is 10.6. The van der Waals surface area contributed by atoms with Gasteiger partial charge in [0.25, 0.3) is 0 Å². The SMILES string of the molecule is CCCCCCCCO[P+](=O)OBr. The molecule has 0 bridgehead atoms. The van der Waals surface area contributed by atoms with Crippen molar-refractivity contribution in [3.63, 3.8) is 0 Å². The van der Waals surface area contributed by atoms with Crippen molar-refractivity contribution in [3.8, 4) is 0 Å². The topological polar surface area (TPSA) is 35.5 Å². The first-order valence-electron chi connectivity index (χ1n) is 4.70. The van der Waals surface area contributed by atoms with E-state index in [0.29, 0.717) is 6.61 Å². The van der Waals surface area contributed by atoms with E-state index in [2.05, 4.69) is 26.8 Å². The van der Waals surface area contributed by atoms with Gasteiger partial charge >= 0.3 is 8.25 Å². The molecule has 1 atom stereocenters. The van der Waals surface area contributed by atoms with Crippen molar-refractivity contribution in [1.82, 2.24) is 0 Å². The second-order valence-corrected chi connectivity index (χ2v) is 4.61. The lowest BCUT2D eigenvalue weighted by Gasteiger charge is -1.96. The van der Waals surface area contributed by atoms with Crippen LogP contribution >= 0.6 is 24.5 Å². The fourth-order valence-electron chi connectivity index (χ4n) is 1.04. The Hall–Kier alpha value is 0.500. The van der Waals surface area contributed by atoms with E-state index in [-0.39, 0.29) is 0 Å². The van der Waals surface area contributed by atoms with E-state index < -0.39 is 8.25 Å². The van der Waals surface area contributed by atoms with Crippen molar-refractivity contribution in [1.29, 1.82) is 0 Å². The van der Waals surface area contributed by atoms with Gasteiger partial charge in [-0.05, 0) is 10.0 Å². The van der Waals surface area contributed by atoms with E-state index in [0.717, 1.165) is 12.8 Å². The van der Waals surface area contributed by atoms with Gasteiger partial charge in [0.05, 0.1) is 0 Å². The summed E-state index contributed by atoms with van der Waals surface area (Å²) in [4.78, 5) is 0. The van der Waals surface area contributed by atoms with Crippen molar-refractivity contribution < 1.29 is 12.7 Å². The van der Waals surface area contributed by atoms with Gasteiger partial charge in [0.15, 0.2) is 16.3 Å². The van der Waals surface area contributed by atoms with Crippen LogP contribution in [0.25, 0.3) is 0 Å². The van der Waals surface area contributed by atoms with Gasteiger partial charge < -0.3 is 0 Å². The van der Waals surface area contributed by atoms with E-state index in [4.69, 9.17) is 4.52 Å². The molecule has 0 aliphatic rings. The van der Waals surface area contributed by atoms with Crippen LogP contribution in [0, 0.1) is 0 Å². The average Bonchev–Trinajstić information content (AvgIpc) is 2.16. The van der Waals surface area contributed by atoms with Crippen molar-refractivity contribution >= 4 is 24.5 Å². The zero-order valence-electron chi connectivity index (χ0n) is 8.00. The number of hydrogen-bond acceptors (Lipinski definition) is 3. The minimum absolute atomic E-state index is 0.521. The smallest absolute Gasteiger partial charge is 0.118 e. The van der Waals surface area contributed by atoms with Gasteiger partial charge in [0, 0.05) is 4.57 Å². The molecule has 13 heavy (non-hydrogen) atoms. The quantitative estimate of drug-likeness (QED) is 0.462. The molecule has 0 aromatic rings. The molecule has 1 unspecified atom stereocenters. The van der Waals surface area contributed by atoms with Crippen LogP contribution in [0.3, 0.4) is 0 Å². The van der Waals surface area contributed by atoms with Gasteiger partial charge in [0.1, 0.15) is 6.61 Å². The summed E-state index contributed by atoms with van der Waals surface area (Å²) >= 11 is 2.61. The van der Waals surface area contributed by atoms with Crippen LogP contribution in [0.15, 0.2) is 0 Å². The molecule has 0 heterocycles. The van der Waals surface area contributed by atoms with Crippen LogP contribution in [0.4, 0.5) is 0 Å². The molecular formula is C8H17BrO3P+. The fraction of sp³-hybridized carbons (Fsp3) is 1.00. The summed E-state index contributed by atoms with van der Waals surface area (Å²) in [6.45, 7) is 2.72. The van der Waals surface area contributed by atoms with Crippen LogP contribution in [-0.4, -0.2) is 6.61 Å². The molecule has 3 nitrogen and oxygen atoms in total. The van der Waals surface area contributed by atoms with Crippen LogP contribution < -0.4 is 0 Å². The first kappa shape index (κ1) is 13.5. The molecule has 0 amide bonds. The first-order valence-corrected chi connectivity index (χ1v) is 6.44. The standard InChI is InChI=1S/C8H17BrO3P/c1-2-3-4-5-6-7-8-11-13(10)12-9/h2-8H2,1H3/q+1. The minimum Gasteiger partial charge on any atom is -0.118 e. The summed E-state index contributed by atoms with van der Waals surface area (Å²) in [5.41, 5.74) is 0. The lowest BCUT2D eigenvalue weighted by atomic mass is 10.1. The molecule has 0 fully saturated rings. The molecule has 0 saturated carbocycles. The largest absolute Gasteiger partial charge is 0.709 e. The van der Waals surface area contributed by atoms with E-state index in [1.165, 1.54) is 25.7 Å². The molecule has 0 rings (SSSR count). The summed E-state index contributed by atoms with van der Waals surface area (Å²) in [6.07, 6.45) is 7.20. The molecule has 0 radical (unpaired) electrons. The summed E-state index contributed by atoms with van der Waals surface area (Å²) in [7, 11) is -1.94. The Kier molecular flexibility index (Phi) is 11.0. The third-order valence-corrected chi connectivity index (χ3v) is 2.97. The Labute approximate surface area is 89.6 Å². The summed E-state index contributed by atoms with van der Waals surface area (Å²) in [6, 6.07) is 0. The molecule has 0 spiro atoms. The lowest BCUT2D eigenvalue weighted by Crippen LogP contribution is -1.87. The molecule has 5 heteroatoms. The average molecular weight is 272 g/mol. The van der Waals surface area contributed by atoms with Gasteiger partial charge in [-0.3, -0.25) is 0 Å². The zero-order valence-corrected chi connectivity index (χ0v) is 10.5. The van der Waals surface area contributed by atoms with Crippen LogP contribution in [0.5, 0.6) is 0 Å². The van der Waals surface area contributed by atoms with Crippen molar-refractivity contribution in [2.45, 2.75) is 45.4 Å². The van der Waals surface area contributed by atoms with Crippen LogP contribution in [0.1, 0.15) is 45.4 Å². The Balaban J connectivity index is 2.95. The Morgan fingerprint density at radius 3 is 2.38 bits per heavy atom. The molecule has 0 aliphatic carbocycles. The van der Waals surface area contributed by atoms with E-state index in [1.54, 1.807) is 0 Å². The molecule has 0 aromatic heterocycles. The lowest BCUT2D eigenvalue weighted by molar-refractivity contribution is 0.287. The van der Waals surface area contributed by atoms with Gasteiger partial charge in [-0.1, -0.05) is 39.0 Å². The van der Waals surface area contributed by atoms with E-state index >= 15 is 0 Å².